The predicted molar refractivity (Wildman–Crippen MR) is 96.2 cm³/mol. The second-order valence-electron chi connectivity index (χ2n) is 5.34. The van der Waals surface area contributed by atoms with Crippen LogP contribution in [-0.4, -0.2) is 9.97 Å². The fourth-order valence-corrected chi connectivity index (χ4v) is 3.46. The topological polar surface area (TPSA) is 25.8 Å². The first kappa shape index (κ1) is 14.7. The van der Waals surface area contributed by atoms with Crippen molar-refractivity contribution < 1.29 is 4.39 Å². The minimum atomic E-state index is -0.256. The maximum absolute atomic E-state index is 13.4. The molecule has 0 aliphatic heterocycles. The van der Waals surface area contributed by atoms with E-state index in [1.807, 2.05) is 41.9 Å². The third-order valence-electron chi connectivity index (χ3n) is 3.76. The van der Waals surface area contributed by atoms with E-state index in [9.17, 15) is 4.39 Å². The van der Waals surface area contributed by atoms with E-state index in [4.69, 9.17) is 0 Å². The summed E-state index contributed by atoms with van der Waals surface area (Å²) in [6.07, 6.45) is 3.61. The van der Waals surface area contributed by atoms with Crippen LogP contribution in [0.4, 0.5) is 4.39 Å². The average molecular weight is 332 g/mol. The van der Waals surface area contributed by atoms with Crippen molar-refractivity contribution in [3.8, 4) is 33.0 Å². The third-order valence-corrected chi connectivity index (χ3v) is 4.64. The molecule has 0 bridgehead atoms. The highest BCUT2D eigenvalue weighted by Crippen LogP contribution is 2.35. The minimum absolute atomic E-state index is 0.256. The first-order valence-electron chi connectivity index (χ1n) is 7.52. The highest BCUT2D eigenvalue weighted by molar-refractivity contribution is 7.13. The Kier molecular flexibility index (Phi) is 3.89. The summed E-state index contributed by atoms with van der Waals surface area (Å²) < 4.78 is 13.4. The first-order valence-corrected chi connectivity index (χ1v) is 8.40. The van der Waals surface area contributed by atoms with Crippen LogP contribution in [0.15, 0.2) is 78.4 Å². The maximum Gasteiger partial charge on any atom is 0.126 e. The molecule has 2 aromatic carbocycles. The molecule has 24 heavy (non-hydrogen) atoms. The molecule has 4 rings (SSSR count). The lowest BCUT2D eigenvalue weighted by molar-refractivity contribution is 0.628. The van der Waals surface area contributed by atoms with Crippen LogP contribution < -0.4 is 0 Å². The number of pyridine rings is 1. The van der Waals surface area contributed by atoms with Crippen LogP contribution in [0.3, 0.4) is 0 Å². The van der Waals surface area contributed by atoms with Gasteiger partial charge in [0.2, 0.25) is 0 Å². The van der Waals surface area contributed by atoms with E-state index in [1.54, 1.807) is 12.3 Å². The number of benzene rings is 2. The van der Waals surface area contributed by atoms with Crippen LogP contribution in [0, 0.1) is 5.82 Å². The molecule has 0 saturated heterocycles. The quantitative estimate of drug-likeness (QED) is 0.482. The van der Waals surface area contributed by atoms with Crippen molar-refractivity contribution in [2.75, 3.05) is 0 Å². The molecule has 116 valence electrons. The number of hydrogen-bond donors (Lipinski definition) is 0. The fraction of sp³-hybridized carbons (Fsp3) is 0. The molecule has 4 aromatic rings. The van der Waals surface area contributed by atoms with Gasteiger partial charge >= 0.3 is 0 Å². The predicted octanol–water partition coefficient (Wildman–Crippen LogP) is 5.68. The van der Waals surface area contributed by atoms with Gasteiger partial charge in [0.25, 0.3) is 0 Å². The Bertz CT molecular complexity index is 980. The van der Waals surface area contributed by atoms with Crippen molar-refractivity contribution in [2.45, 2.75) is 0 Å². The van der Waals surface area contributed by atoms with Gasteiger partial charge in [0.1, 0.15) is 10.8 Å². The molecule has 0 atom stereocenters. The molecule has 0 unspecified atom stereocenters. The summed E-state index contributed by atoms with van der Waals surface area (Å²) in [6.45, 7) is 0. The summed E-state index contributed by atoms with van der Waals surface area (Å²) in [5.41, 5.74) is 4.75. The molecule has 0 aliphatic rings. The van der Waals surface area contributed by atoms with E-state index in [1.165, 1.54) is 23.5 Å². The van der Waals surface area contributed by atoms with Crippen molar-refractivity contribution in [3.05, 3.63) is 84.3 Å². The number of thiazole rings is 1. The van der Waals surface area contributed by atoms with Gasteiger partial charge in [-0.3, -0.25) is 4.98 Å². The summed E-state index contributed by atoms with van der Waals surface area (Å²) in [6, 6.07) is 18.7. The molecule has 0 fully saturated rings. The van der Waals surface area contributed by atoms with Crippen molar-refractivity contribution in [1.82, 2.24) is 9.97 Å². The van der Waals surface area contributed by atoms with Crippen molar-refractivity contribution >= 4 is 11.3 Å². The van der Waals surface area contributed by atoms with Crippen LogP contribution in [-0.2, 0) is 0 Å². The molecular formula is C20H13FN2S. The van der Waals surface area contributed by atoms with Crippen LogP contribution in [0.1, 0.15) is 0 Å². The van der Waals surface area contributed by atoms with Crippen LogP contribution in [0.25, 0.3) is 33.0 Å². The summed E-state index contributed by atoms with van der Waals surface area (Å²) in [7, 11) is 0. The van der Waals surface area contributed by atoms with E-state index < -0.39 is 0 Å². The molecule has 0 amide bonds. The Morgan fingerprint density at radius 2 is 1.67 bits per heavy atom. The summed E-state index contributed by atoms with van der Waals surface area (Å²) in [5, 5.41) is 2.83. The maximum atomic E-state index is 13.4. The summed E-state index contributed by atoms with van der Waals surface area (Å²) in [4.78, 5) is 8.94. The Labute approximate surface area is 143 Å². The van der Waals surface area contributed by atoms with Gasteiger partial charge in [0, 0.05) is 28.9 Å². The highest BCUT2D eigenvalue weighted by atomic mass is 32.1. The van der Waals surface area contributed by atoms with E-state index in [0.29, 0.717) is 0 Å². The molecule has 2 heterocycles. The Morgan fingerprint density at radius 3 is 2.50 bits per heavy atom. The molecule has 2 nitrogen and oxygen atoms in total. The first-order chi connectivity index (χ1) is 11.8. The second kappa shape index (κ2) is 6.34. The van der Waals surface area contributed by atoms with Gasteiger partial charge in [-0.05, 0) is 29.3 Å². The Hall–Kier alpha value is -2.85. The van der Waals surface area contributed by atoms with E-state index in [2.05, 4.69) is 22.1 Å². The molecule has 0 aliphatic carbocycles. The fourth-order valence-electron chi connectivity index (χ4n) is 2.61. The van der Waals surface area contributed by atoms with Gasteiger partial charge in [-0.15, -0.1) is 11.3 Å². The molecule has 2 aromatic heterocycles. The van der Waals surface area contributed by atoms with Gasteiger partial charge in [0.15, 0.2) is 0 Å². The van der Waals surface area contributed by atoms with Crippen LogP contribution >= 0.6 is 11.3 Å². The van der Waals surface area contributed by atoms with Gasteiger partial charge in [0.05, 0.1) is 5.69 Å². The molecule has 0 spiro atoms. The van der Waals surface area contributed by atoms with Gasteiger partial charge in [-0.25, -0.2) is 9.37 Å². The Balaban J connectivity index is 1.79. The third kappa shape index (κ3) is 2.84. The minimum Gasteiger partial charge on any atom is -0.264 e. The van der Waals surface area contributed by atoms with Crippen molar-refractivity contribution in [2.24, 2.45) is 0 Å². The monoisotopic (exact) mass is 332 g/mol. The number of halogens is 1. The van der Waals surface area contributed by atoms with E-state index in [0.717, 1.165) is 33.0 Å². The van der Waals surface area contributed by atoms with Gasteiger partial charge < -0.3 is 0 Å². The molecule has 0 saturated carbocycles. The zero-order chi connectivity index (χ0) is 16.4. The summed E-state index contributed by atoms with van der Waals surface area (Å²) >= 11 is 1.54. The van der Waals surface area contributed by atoms with Crippen LogP contribution in [0.2, 0.25) is 0 Å². The lowest BCUT2D eigenvalue weighted by Gasteiger charge is -2.06. The largest absolute Gasteiger partial charge is 0.264 e. The second-order valence-corrected chi connectivity index (χ2v) is 6.19. The average Bonchev–Trinajstić information content (AvgIpc) is 3.12. The summed E-state index contributed by atoms with van der Waals surface area (Å²) in [5.74, 6) is -0.256. The van der Waals surface area contributed by atoms with Crippen molar-refractivity contribution in [1.29, 1.82) is 0 Å². The van der Waals surface area contributed by atoms with Crippen LogP contribution in [0.5, 0.6) is 0 Å². The molecule has 0 N–H and O–H groups in total. The normalized spacial score (nSPS) is 10.7. The molecular weight excluding hydrogens is 319 g/mol. The SMILES string of the molecule is Fc1cccc(-c2csc(-c3cnccc3-c3ccccc3)n2)c1. The van der Waals surface area contributed by atoms with Gasteiger partial charge in [-0.2, -0.15) is 0 Å². The smallest absolute Gasteiger partial charge is 0.126 e. The number of aromatic nitrogens is 2. The zero-order valence-corrected chi connectivity index (χ0v) is 13.5. The number of hydrogen-bond acceptors (Lipinski definition) is 3. The van der Waals surface area contributed by atoms with Crippen molar-refractivity contribution in [3.63, 3.8) is 0 Å². The van der Waals surface area contributed by atoms with Gasteiger partial charge in [-0.1, -0.05) is 42.5 Å². The lowest BCUT2D eigenvalue weighted by atomic mass is 10.0. The molecule has 0 radical (unpaired) electrons. The lowest BCUT2D eigenvalue weighted by Crippen LogP contribution is -1.86. The zero-order valence-electron chi connectivity index (χ0n) is 12.7. The van der Waals surface area contributed by atoms with E-state index in [-0.39, 0.29) is 5.82 Å². The van der Waals surface area contributed by atoms with E-state index >= 15 is 0 Å². The number of nitrogens with zero attached hydrogens (tertiary/aromatic N) is 2. The Morgan fingerprint density at radius 1 is 0.833 bits per heavy atom. The highest BCUT2D eigenvalue weighted by Gasteiger charge is 2.12. The number of rotatable bonds is 3. The molecule has 4 heteroatoms. The standard InChI is InChI=1S/C20H13FN2S/c21-16-8-4-7-15(11-16)19-13-24-20(23-19)18-12-22-10-9-17(18)14-5-2-1-3-6-14/h1-13H.